The topological polar surface area (TPSA) is 142 Å². The monoisotopic (exact) mass is 400 g/mol. The molecule has 0 saturated heterocycles. The highest BCUT2D eigenvalue weighted by Gasteiger charge is 2.35. The van der Waals surface area contributed by atoms with E-state index in [1.54, 1.807) is 0 Å². The summed E-state index contributed by atoms with van der Waals surface area (Å²) in [5.74, 6) is 0. The first-order chi connectivity index (χ1) is 12.4. The molecule has 0 heterocycles. The molecule has 0 bridgehead atoms. The number of hydrogen-bond donors (Lipinski definition) is 7. The first kappa shape index (κ1) is 28.4. The van der Waals surface area contributed by atoms with Gasteiger partial charge in [0.05, 0.1) is 31.3 Å². The van der Waals surface area contributed by atoms with Crippen molar-refractivity contribution in [2.24, 2.45) is 5.41 Å². The van der Waals surface area contributed by atoms with Crippen molar-refractivity contribution in [1.29, 1.82) is 0 Å². The molecular weight excluding hydrogens is 359 g/mol. The van der Waals surface area contributed by atoms with E-state index in [1.807, 2.05) is 0 Å². The normalized spacial score (nSPS) is 12.8. The van der Waals surface area contributed by atoms with Crippen molar-refractivity contribution in [2.75, 3.05) is 19.8 Å². The van der Waals surface area contributed by atoms with E-state index in [0.29, 0.717) is 6.42 Å². The molecular formula is C18H41O7P. The van der Waals surface area contributed by atoms with Crippen LogP contribution in [0.25, 0.3) is 0 Å². The van der Waals surface area contributed by atoms with Gasteiger partial charge in [0.15, 0.2) is 0 Å². The SMILES string of the molecule is CCCCCCCCCCCCCC(O)C(CO)(CO)CO.OP(O)O. The van der Waals surface area contributed by atoms with Crippen LogP contribution in [0.1, 0.15) is 84.0 Å². The molecule has 1 unspecified atom stereocenters. The van der Waals surface area contributed by atoms with Gasteiger partial charge in [0.1, 0.15) is 0 Å². The van der Waals surface area contributed by atoms with Gasteiger partial charge in [-0.2, -0.15) is 0 Å². The first-order valence-electron chi connectivity index (χ1n) is 9.77. The lowest BCUT2D eigenvalue weighted by Gasteiger charge is -2.32. The van der Waals surface area contributed by atoms with Crippen LogP contribution in [-0.2, 0) is 0 Å². The van der Waals surface area contributed by atoms with E-state index in [0.717, 1.165) is 12.8 Å². The Labute approximate surface area is 159 Å². The third-order valence-corrected chi connectivity index (χ3v) is 4.73. The number of rotatable bonds is 16. The summed E-state index contributed by atoms with van der Waals surface area (Å²) in [7, 11) is -2.62. The first-order valence-corrected chi connectivity index (χ1v) is 11.0. The third-order valence-electron chi connectivity index (χ3n) is 4.73. The van der Waals surface area contributed by atoms with Gasteiger partial charge in [-0.25, -0.2) is 0 Å². The minimum atomic E-state index is -2.62. The second-order valence-corrected chi connectivity index (χ2v) is 7.48. The van der Waals surface area contributed by atoms with Crippen LogP contribution in [0.15, 0.2) is 0 Å². The van der Waals surface area contributed by atoms with Crippen LogP contribution in [0.2, 0.25) is 0 Å². The fourth-order valence-corrected chi connectivity index (χ4v) is 2.77. The van der Waals surface area contributed by atoms with Crippen LogP contribution in [0, 0.1) is 5.41 Å². The minimum Gasteiger partial charge on any atom is -0.396 e. The summed E-state index contributed by atoms with van der Waals surface area (Å²) in [4.78, 5) is 21.7. The molecule has 0 aliphatic rings. The predicted molar refractivity (Wildman–Crippen MR) is 104 cm³/mol. The summed E-state index contributed by atoms with van der Waals surface area (Å²) >= 11 is 0. The van der Waals surface area contributed by atoms with Gasteiger partial charge >= 0.3 is 8.60 Å². The molecule has 0 aromatic heterocycles. The highest BCUT2D eigenvalue weighted by atomic mass is 31.2. The average molecular weight is 400 g/mol. The van der Waals surface area contributed by atoms with Crippen molar-refractivity contribution in [3.8, 4) is 0 Å². The number of hydrogen-bond acceptors (Lipinski definition) is 7. The molecule has 0 radical (unpaired) electrons. The largest absolute Gasteiger partial charge is 0.396 e. The van der Waals surface area contributed by atoms with E-state index in [-0.39, 0.29) is 19.8 Å². The van der Waals surface area contributed by atoms with Crippen LogP contribution in [-0.4, -0.2) is 61.0 Å². The lowest BCUT2D eigenvalue weighted by atomic mass is 9.82. The van der Waals surface area contributed by atoms with E-state index in [9.17, 15) is 20.4 Å². The molecule has 8 heteroatoms. The lowest BCUT2D eigenvalue weighted by Crippen LogP contribution is -2.45. The van der Waals surface area contributed by atoms with E-state index >= 15 is 0 Å². The fraction of sp³-hybridized carbons (Fsp3) is 1.00. The molecule has 26 heavy (non-hydrogen) atoms. The highest BCUT2D eigenvalue weighted by molar-refractivity contribution is 7.38. The van der Waals surface area contributed by atoms with Crippen molar-refractivity contribution in [3.63, 3.8) is 0 Å². The van der Waals surface area contributed by atoms with Crippen LogP contribution in [0.3, 0.4) is 0 Å². The molecule has 0 saturated carbocycles. The zero-order valence-corrected chi connectivity index (χ0v) is 17.2. The summed E-state index contributed by atoms with van der Waals surface area (Å²) in [6.07, 6.45) is 13.4. The second-order valence-electron chi connectivity index (χ2n) is 6.95. The summed E-state index contributed by atoms with van der Waals surface area (Å²) in [5, 5.41) is 37.8. The molecule has 1 atom stereocenters. The average Bonchev–Trinajstić information content (AvgIpc) is 2.61. The Kier molecular flexibility index (Phi) is 21.7. The molecule has 0 fully saturated rings. The molecule has 0 aliphatic carbocycles. The summed E-state index contributed by atoms with van der Waals surface area (Å²) in [5.41, 5.74) is -1.15. The molecule has 7 N–H and O–H groups in total. The smallest absolute Gasteiger partial charge is 0.324 e. The molecule has 0 aromatic rings. The lowest BCUT2D eigenvalue weighted by molar-refractivity contribution is -0.0863. The maximum Gasteiger partial charge on any atom is 0.324 e. The Hall–Kier alpha value is 0.150. The van der Waals surface area contributed by atoms with Crippen molar-refractivity contribution < 1.29 is 35.1 Å². The van der Waals surface area contributed by atoms with E-state index in [2.05, 4.69) is 6.92 Å². The van der Waals surface area contributed by atoms with Gasteiger partial charge in [0.25, 0.3) is 0 Å². The molecule has 7 nitrogen and oxygen atoms in total. The summed E-state index contributed by atoms with van der Waals surface area (Å²) in [6, 6.07) is 0. The summed E-state index contributed by atoms with van der Waals surface area (Å²) in [6.45, 7) is 1.07. The van der Waals surface area contributed by atoms with Crippen molar-refractivity contribution in [3.05, 3.63) is 0 Å². The Balaban J connectivity index is 0. The van der Waals surface area contributed by atoms with Gasteiger partial charge in [0.2, 0.25) is 0 Å². The maximum atomic E-state index is 10.0. The zero-order valence-electron chi connectivity index (χ0n) is 16.3. The van der Waals surface area contributed by atoms with Crippen LogP contribution in [0.5, 0.6) is 0 Å². The predicted octanol–water partition coefficient (Wildman–Crippen LogP) is 2.20. The zero-order chi connectivity index (χ0) is 20.3. The number of unbranched alkanes of at least 4 members (excludes halogenated alkanes) is 10. The van der Waals surface area contributed by atoms with Gasteiger partial charge in [0, 0.05) is 0 Å². The molecule has 160 valence electrons. The highest BCUT2D eigenvalue weighted by Crippen LogP contribution is 2.24. The van der Waals surface area contributed by atoms with Crippen molar-refractivity contribution in [2.45, 2.75) is 90.1 Å². The third kappa shape index (κ3) is 16.3. The maximum absolute atomic E-state index is 10.0. The quantitative estimate of drug-likeness (QED) is 0.155. The van der Waals surface area contributed by atoms with E-state index in [1.165, 1.54) is 57.8 Å². The molecule has 0 aliphatic heterocycles. The Bertz CT molecular complexity index is 265. The van der Waals surface area contributed by atoms with Gasteiger partial charge < -0.3 is 35.1 Å². The molecule has 0 aromatic carbocycles. The minimum absolute atomic E-state index is 0.390. The van der Waals surface area contributed by atoms with Crippen LogP contribution >= 0.6 is 8.60 Å². The van der Waals surface area contributed by atoms with Crippen LogP contribution < -0.4 is 0 Å². The number of aliphatic hydroxyl groups is 4. The fourth-order valence-electron chi connectivity index (χ4n) is 2.77. The molecule has 0 amide bonds. The van der Waals surface area contributed by atoms with Gasteiger partial charge in [-0.15, -0.1) is 0 Å². The second kappa shape index (κ2) is 19.9. The van der Waals surface area contributed by atoms with Gasteiger partial charge in [-0.3, -0.25) is 0 Å². The van der Waals surface area contributed by atoms with E-state index < -0.39 is 20.1 Å². The summed E-state index contributed by atoms with van der Waals surface area (Å²) < 4.78 is 0. The van der Waals surface area contributed by atoms with E-state index in [4.69, 9.17) is 14.7 Å². The van der Waals surface area contributed by atoms with Gasteiger partial charge in [-0.05, 0) is 6.42 Å². The van der Waals surface area contributed by atoms with Crippen LogP contribution in [0.4, 0.5) is 0 Å². The Morgan fingerprint density at radius 2 is 0.962 bits per heavy atom. The standard InChI is InChI=1S/C18H38O4.H3O3P/c1-2-3-4-5-6-7-8-9-10-11-12-13-17(22)18(14-19,15-20)16-21;1-4(2)3/h17,19-22H,2-16H2,1H3;1-3H. The molecule has 0 spiro atoms. The van der Waals surface area contributed by atoms with Crippen molar-refractivity contribution in [1.82, 2.24) is 0 Å². The number of aliphatic hydroxyl groups excluding tert-OH is 4. The molecule has 0 rings (SSSR count). The van der Waals surface area contributed by atoms with Gasteiger partial charge in [-0.1, -0.05) is 77.6 Å². The Morgan fingerprint density at radius 3 is 1.27 bits per heavy atom. The van der Waals surface area contributed by atoms with Crippen molar-refractivity contribution >= 4 is 8.60 Å². The Morgan fingerprint density at radius 1 is 0.654 bits per heavy atom.